The molecular formula is C50H32N2OS. The summed E-state index contributed by atoms with van der Waals surface area (Å²) >= 11 is 1.88. The highest BCUT2D eigenvalue weighted by Crippen LogP contribution is 2.48. The first-order chi connectivity index (χ1) is 26.8. The maximum Gasteiger partial charge on any atom is 0.159 e. The molecule has 0 unspecified atom stereocenters. The molecule has 0 bridgehead atoms. The van der Waals surface area contributed by atoms with Gasteiger partial charge in [0.2, 0.25) is 0 Å². The minimum atomic E-state index is 0.878. The van der Waals surface area contributed by atoms with Crippen LogP contribution in [0, 0.1) is 0 Å². The van der Waals surface area contributed by atoms with Crippen LogP contribution in [0.1, 0.15) is 0 Å². The molecule has 54 heavy (non-hydrogen) atoms. The molecule has 4 heteroatoms. The van der Waals surface area contributed by atoms with Gasteiger partial charge in [-0.25, -0.2) is 0 Å². The van der Waals surface area contributed by atoms with Crippen LogP contribution in [0.15, 0.2) is 199 Å². The van der Waals surface area contributed by atoms with E-state index in [0.717, 1.165) is 56.1 Å². The second-order valence-corrected chi connectivity index (χ2v) is 14.7. The van der Waals surface area contributed by atoms with Gasteiger partial charge >= 0.3 is 0 Å². The van der Waals surface area contributed by atoms with E-state index in [0.29, 0.717) is 0 Å². The average Bonchev–Trinajstić information content (AvgIpc) is 3.82. The van der Waals surface area contributed by atoms with E-state index in [1.807, 2.05) is 23.5 Å². The molecule has 0 saturated heterocycles. The van der Waals surface area contributed by atoms with Gasteiger partial charge in [0.25, 0.3) is 0 Å². The minimum Gasteiger partial charge on any atom is -0.454 e. The van der Waals surface area contributed by atoms with Gasteiger partial charge in [-0.05, 0) is 89.0 Å². The Morgan fingerprint density at radius 1 is 0.352 bits per heavy atom. The number of hydrogen-bond donors (Lipinski definition) is 0. The Labute approximate surface area is 316 Å². The molecule has 11 rings (SSSR count). The molecule has 3 nitrogen and oxygen atoms in total. The highest BCUT2D eigenvalue weighted by atomic mass is 32.1. The maximum atomic E-state index is 6.60. The van der Waals surface area contributed by atoms with Gasteiger partial charge in [0.05, 0.1) is 5.69 Å². The molecule has 9 aromatic carbocycles. The van der Waals surface area contributed by atoms with E-state index in [9.17, 15) is 0 Å². The fourth-order valence-electron chi connectivity index (χ4n) is 8.22. The summed E-state index contributed by atoms with van der Waals surface area (Å²) in [6.07, 6.45) is 0. The predicted molar refractivity (Wildman–Crippen MR) is 231 cm³/mol. The molecule has 0 radical (unpaired) electrons. The molecule has 0 aliphatic carbocycles. The van der Waals surface area contributed by atoms with Crippen molar-refractivity contribution in [3.8, 4) is 0 Å². The van der Waals surface area contributed by atoms with Crippen LogP contribution in [0.5, 0.6) is 0 Å². The topological polar surface area (TPSA) is 19.6 Å². The van der Waals surface area contributed by atoms with E-state index < -0.39 is 0 Å². The first-order valence-electron chi connectivity index (χ1n) is 18.3. The number of para-hydroxylation sites is 5. The molecule has 0 saturated carbocycles. The Hall–Kier alpha value is -6.88. The van der Waals surface area contributed by atoms with Crippen molar-refractivity contribution < 1.29 is 4.42 Å². The highest BCUT2D eigenvalue weighted by molar-refractivity contribution is 7.27. The monoisotopic (exact) mass is 708 g/mol. The van der Waals surface area contributed by atoms with Crippen LogP contribution in [0.25, 0.3) is 63.7 Å². The molecular weight excluding hydrogens is 677 g/mol. The second kappa shape index (κ2) is 12.4. The van der Waals surface area contributed by atoms with Crippen LogP contribution in [0.2, 0.25) is 0 Å². The van der Waals surface area contributed by atoms with Crippen LogP contribution >= 0.6 is 11.3 Å². The van der Waals surface area contributed by atoms with Crippen molar-refractivity contribution in [3.63, 3.8) is 0 Å². The van der Waals surface area contributed by atoms with E-state index in [-0.39, 0.29) is 0 Å². The van der Waals surface area contributed by atoms with E-state index >= 15 is 0 Å². The molecule has 11 aromatic rings. The first-order valence-corrected chi connectivity index (χ1v) is 19.1. The van der Waals surface area contributed by atoms with Gasteiger partial charge in [-0.1, -0.05) is 121 Å². The summed E-state index contributed by atoms with van der Waals surface area (Å²) in [5.74, 6) is 0. The SMILES string of the molecule is c1ccc(N(c2ccccc2)c2ccc3c(c2)sc2c4ccc(N(c5ccccc5)c5cccc6c5oc5ccccc56)cc4c4ccccc4c32)cc1. The van der Waals surface area contributed by atoms with Crippen molar-refractivity contribution in [1.29, 1.82) is 0 Å². The van der Waals surface area contributed by atoms with Gasteiger partial charge < -0.3 is 14.2 Å². The first kappa shape index (κ1) is 30.7. The maximum absolute atomic E-state index is 6.60. The lowest BCUT2D eigenvalue weighted by Crippen LogP contribution is -2.10. The summed E-state index contributed by atoms with van der Waals surface area (Å²) < 4.78 is 9.17. The van der Waals surface area contributed by atoms with Gasteiger partial charge in [0.1, 0.15) is 5.58 Å². The Morgan fingerprint density at radius 2 is 0.907 bits per heavy atom. The molecule has 2 heterocycles. The van der Waals surface area contributed by atoms with Crippen LogP contribution < -0.4 is 9.80 Å². The smallest absolute Gasteiger partial charge is 0.159 e. The second-order valence-electron chi connectivity index (χ2n) is 13.7. The summed E-state index contributed by atoms with van der Waals surface area (Å²) in [6.45, 7) is 0. The zero-order chi connectivity index (χ0) is 35.6. The lowest BCUT2D eigenvalue weighted by atomic mass is 9.96. The fourth-order valence-corrected chi connectivity index (χ4v) is 9.51. The van der Waals surface area contributed by atoms with Crippen LogP contribution in [-0.4, -0.2) is 0 Å². The lowest BCUT2D eigenvalue weighted by molar-refractivity contribution is 0.669. The van der Waals surface area contributed by atoms with Gasteiger partial charge in [-0.2, -0.15) is 0 Å². The van der Waals surface area contributed by atoms with Crippen LogP contribution in [0.3, 0.4) is 0 Å². The fraction of sp³-hybridized carbons (Fsp3) is 0. The average molecular weight is 709 g/mol. The van der Waals surface area contributed by atoms with Crippen molar-refractivity contribution in [2.24, 2.45) is 0 Å². The molecule has 2 aromatic heterocycles. The Kier molecular flexibility index (Phi) is 7.04. The predicted octanol–water partition coefficient (Wildman–Crippen LogP) is 15.2. The molecule has 0 aliphatic heterocycles. The largest absolute Gasteiger partial charge is 0.454 e. The van der Waals surface area contributed by atoms with Gasteiger partial charge in [0, 0.05) is 64.8 Å². The zero-order valence-corrected chi connectivity index (χ0v) is 30.0. The van der Waals surface area contributed by atoms with E-state index in [1.165, 1.54) is 41.7 Å². The number of anilines is 6. The molecule has 0 fully saturated rings. The van der Waals surface area contributed by atoms with E-state index in [4.69, 9.17) is 4.42 Å². The number of thiophene rings is 1. The Bertz CT molecular complexity index is 3130. The molecule has 0 atom stereocenters. The normalized spacial score (nSPS) is 11.7. The molecule has 0 amide bonds. The van der Waals surface area contributed by atoms with Gasteiger partial charge in [-0.3, -0.25) is 0 Å². The molecule has 0 aliphatic rings. The number of furan rings is 1. The third-order valence-corrected chi connectivity index (χ3v) is 11.8. The number of hydrogen-bond acceptors (Lipinski definition) is 4. The standard InChI is InChI=1S/C50H32N2OS/c1-4-15-33(16-5-1)51(34-17-6-2-7-18-34)37-28-30-43-47(32-37)54-50-42-29-27-36(31-44(42)38-21-10-11-23-40(38)48(43)50)52(35-19-8-3-9-20-35)45-25-14-24-41-39-22-12-13-26-46(39)53-49(41)45/h1-32H. The third-order valence-electron chi connectivity index (χ3n) is 10.6. The summed E-state index contributed by atoms with van der Waals surface area (Å²) in [6, 6.07) is 69.4. The van der Waals surface area contributed by atoms with Crippen molar-refractivity contribution in [1.82, 2.24) is 0 Å². The molecule has 254 valence electrons. The minimum absolute atomic E-state index is 0.878. The zero-order valence-electron chi connectivity index (χ0n) is 29.2. The number of rotatable bonds is 6. The van der Waals surface area contributed by atoms with Crippen LogP contribution in [0.4, 0.5) is 34.1 Å². The van der Waals surface area contributed by atoms with Gasteiger partial charge in [-0.15, -0.1) is 11.3 Å². The van der Waals surface area contributed by atoms with E-state index in [1.54, 1.807) is 0 Å². The lowest BCUT2D eigenvalue weighted by Gasteiger charge is -2.26. The summed E-state index contributed by atoms with van der Waals surface area (Å²) in [5.41, 5.74) is 8.34. The third kappa shape index (κ3) is 4.81. The van der Waals surface area contributed by atoms with Crippen molar-refractivity contribution in [3.05, 3.63) is 194 Å². The summed E-state index contributed by atoms with van der Waals surface area (Å²) in [5, 5.41) is 9.83. The highest BCUT2D eigenvalue weighted by Gasteiger charge is 2.22. The molecule has 0 N–H and O–H groups in total. The summed E-state index contributed by atoms with van der Waals surface area (Å²) in [7, 11) is 0. The molecule has 0 spiro atoms. The Morgan fingerprint density at radius 3 is 1.61 bits per heavy atom. The summed E-state index contributed by atoms with van der Waals surface area (Å²) in [4.78, 5) is 4.68. The van der Waals surface area contributed by atoms with E-state index in [2.05, 4.69) is 192 Å². The quantitative estimate of drug-likeness (QED) is 0.160. The number of fused-ring (bicyclic) bond motifs is 11. The Balaban J connectivity index is 1.14. The van der Waals surface area contributed by atoms with Crippen molar-refractivity contribution in [2.75, 3.05) is 9.80 Å². The number of benzene rings is 9. The van der Waals surface area contributed by atoms with Crippen molar-refractivity contribution in [2.45, 2.75) is 0 Å². The number of nitrogens with zero attached hydrogens (tertiary/aromatic N) is 2. The van der Waals surface area contributed by atoms with Crippen molar-refractivity contribution >= 4 is 109 Å². The van der Waals surface area contributed by atoms with Gasteiger partial charge in [0.15, 0.2) is 5.58 Å². The van der Waals surface area contributed by atoms with Crippen LogP contribution in [-0.2, 0) is 0 Å².